The number of aliphatic imine (C=N–C) groups is 1. The first-order valence-electron chi connectivity index (χ1n) is 9.40. The Kier molecular flexibility index (Phi) is 5.10. The summed E-state index contributed by atoms with van der Waals surface area (Å²) in [5, 5.41) is 4.44. The van der Waals surface area contributed by atoms with Crippen molar-refractivity contribution in [2.24, 2.45) is 10.1 Å². The van der Waals surface area contributed by atoms with Crippen molar-refractivity contribution in [2.45, 2.75) is 25.4 Å². The Labute approximate surface area is 168 Å². The second kappa shape index (κ2) is 7.70. The van der Waals surface area contributed by atoms with Gasteiger partial charge in [-0.15, -0.1) is 5.10 Å². The zero-order chi connectivity index (χ0) is 20.4. The van der Waals surface area contributed by atoms with Gasteiger partial charge in [0.2, 0.25) is 5.95 Å². The standard InChI is InChI=1S/C19H23FN8O/c1-13-22-17(24-18(23-13)29-3)28-16(21-12-14-6-4-5-7-15(14)20)25-26-19(28)8-10-27(2)11-9-19/h4-7,12,26H,8-11H2,1-3H3/b21-12+. The molecule has 1 aromatic heterocycles. The van der Waals surface area contributed by atoms with E-state index in [0.717, 1.165) is 25.9 Å². The van der Waals surface area contributed by atoms with E-state index < -0.39 is 5.66 Å². The predicted molar refractivity (Wildman–Crippen MR) is 108 cm³/mol. The molecule has 152 valence electrons. The highest BCUT2D eigenvalue weighted by Crippen LogP contribution is 2.33. The second-order valence-electron chi connectivity index (χ2n) is 7.14. The first-order chi connectivity index (χ1) is 14.0. The van der Waals surface area contributed by atoms with E-state index in [1.54, 1.807) is 25.1 Å². The van der Waals surface area contributed by atoms with Crippen LogP contribution in [0, 0.1) is 12.7 Å². The number of halogens is 1. The minimum absolute atomic E-state index is 0.222. The van der Waals surface area contributed by atoms with E-state index in [9.17, 15) is 4.39 Å². The van der Waals surface area contributed by atoms with Gasteiger partial charge in [-0.25, -0.2) is 9.38 Å². The molecule has 0 saturated carbocycles. The summed E-state index contributed by atoms with van der Waals surface area (Å²) in [4.78, 5) is 21.7. The average Bonchev–Trinajstić information content (AvgIpc) is 3.07. The lowest BCUT2D eigenvalue weighted by Gasteiger charge is -2.42. The van der Waals surface area contributed by atoms with Crippen LogP contribution in [0.5, 0.6) is 6.01 Å². The number of hydrogen-bond acceptors (Lipinski definition) is 9. The zero-order valence-electron chi connectivity index (χ0n) is 16.6. The van der Waals surface area contributed by atoms with Crippen molar-refractivity contribution < 1.29 is 9.13 Å². The molecule has 0 amide bonds. The van der Waals surface area contributed by atoms with Crippen LogP contribution in [-0.4, -0.2) is 64.9 Å². The highest BCUT2D eigenvalue weighted by Gasteiger charge is 2.47. The molecule has 0 radical (unpaired) electrons. The number of benzene rings is 1. The normalized spacial score (nSPS) is 18.9. The molecular weight excluding hydrogens is 375 g/mol. The molecule has 1 spiro atoms. The van der Waals surface area contributed by atoms with Gasteiger partial charge in [0, 0.05) is 37.7 Å². The maximum atomic E-state index is 14.0. The van der Waals surface area contributed by atoms with E-state index in [-0.39, 0.29) is 11.8 Å². The van der Waals surface area contributed by atoms with Crippen molar-refractivity contribution in [1.29, 1.82) is 0 Å². The van der Waals surface area contributed by atoms with Crippen LogP contribution in [0.25, 0.3) is 0 Å². The number of hydrogen-bond donors (Lipinski definition) is 1. The Morgan fingerprint density at radius 2 is 1.97 bits per heavy atom. The average molecular weight is 398 g/mol. The molecule has 0 unspecified atom stereocenters. The first kappa shape index (κ1) is 19.2. The van der Waals surface area contributed by atoms with Gasteiger partial charge in [0.15, 0.2) is 0 Å². The van der Waals surface area contributed by atoms with E-state index in [0.29, 0.717) is 23.3 Å². The molecule has 1 saturated heterocycles. The summed E-state index contributed by atoms with van der Waals surface area (Å²) in [6.45, 7) is 3.53. The van der Waals surface area contributed by atoms with E-state index in [1.807, 2.05) is 4.90 Å². The molecule has 0 atom stereocenters. The van der Waals surface area contributed by atoms with Crippen LogP contribution in [0.4, 0.5) is 10.3 Å². The van der Waals surface area contributed by atoms with E-state index in [2.05, 4.69) is 42.4 Å². The van der Waals surface area contributed by atoms with E-state index in [4.69, 9.17) is 4.74 Å². The quantitative estimate of drug-likeness (QED) is 0.785. The van der Waals surface area contributed by atoms with Gasteiger partial charge in [0.05, 0.1) is 7.11 Å². The largest absolute Gasteiger partial charge is 0.467 e. The molecular formula is C19H23FN8O. The fourth-order valence-corrected chi connectivity index (χ4v) is 3.48. The molecule has 2 aliphatic rings. The van der Waals surface area contributed by atoms with Gasteiger partial charge >= 0.3 is 6.01 Å². The van der Waals surface area contributed by atoms with Crippen molar-refractivity contribution in [3.8, 4) is 6.01 Å². The number of hydrazone groups is 1. The monoisotopic (exact) mass is 398 g/mol. The van der Waals surface area contributed by atoms with Crippen molar-refractivity contribution in [3.63, 3.8) is 0 Å². The smallest absolute Gasteiger partial charge is 0.321 e. The Morgan fingerprint density at radius 1 is 1.21 bits per heavy atom. The summed E-state index contributed by atoms with van der Waals surface area (Å²) < 4.78 is 19.2. The van der Waals surface area contributed by atoms with Gasteiger partial charge < -0.3 is 9.64 Å². The fraction of sp³-hybridized carbons (Fsp3) is 0.421. The Hall–Kier alpha value is -3.14. The number of nitrogens with zero attached hydrogens (tertiary/aromatic N) is 7. The molecule has 9 nitrogen and oxygen atoms in total. The summed E-state index contributed by atoms with van der Waals surface area (Å²) in [5.41, 5.74) is 3.11. The fourth-order valence-electron chi connectivity index (χ4n) is 3.48. The summed E-state index contributed by atoms with van der Waals surface area (Å²) in [5.74, 6) is 0.944. The van der Waals surface area contributed by atoms with Crippen LogP contribution in [0.15, 0.2) is 34.4 Å². The number of aryl methyl sites for hydroxylation is 1. The third-order valence-corrected chi connectivity index (χ3v) is 5.13. The number of ether oxygens (including phenoxy) is 1. The lowest BCUT2D eigenvalue weighted by atomic mass is 9.96. The molecule has 1 aromatic carbocycles. The number of nitrogens with one attached hydrogen (secondary N) is 1. The van der Waals surface area contributed by atoms with Crippen molar-refractivity contribution in [3.05, 3.63) is 41.5 Å². The molecule has 0 aliphatic carbocycles. The Balaban J connectivity index is 1.73. The summed E-state index contributed by atoms with van der Waals surface area (Å²) in [7, 11) is 3.60. The number of aromatic nitrogens is 3. The predicted octanol–water partition coefficient (Wildman–Crippen LogP) is 1.55. The maximum Gasteiger partial charge on any atom is 0.321 e. The highest BCUT2D eigenvalue weighted by molar-refractivity contribution is 6.03. The van der Waals surface area contributed by atoms with Gasteiger partial charge in [-0.1, -0.05) is 18.2 Å². The van der Waals surface area contributed by atoms with E-state index in [1.165, 1.54) is 19.4 Å². The van der Waals surface area contributed by atoms with Crippen molar-refractivity contribution >= 4 is 18.1 Å². The van der Waals surface area contributed by atoms with Gasteiger partial charge in [0.25, 0.3) is 5.96 Å². The van der Waals surface area contributed by atoms with E-state index >= 15 is 0 Å². The SMILES string of the molecule is COc1nc(C)nc(N2C(/N=C/c3ccccc3F)=NNC23CCN(C)CC3)n1. The molecule has 2 aromatic rings. The molecule has 1 fully saturated rings. The number of piperidine rings is 1. The minimum atomic E-state index is -0.507. The Morgan fingerprint density at radius 3 is 2.69 bits per heavy atom. The van der Waals surface area contributed by atoms with Gasteiger partial charge in [-0.3, -0.25) is 10.3 Å². The van der Waals surface area contributed by atoms with Crippen LogP contribution in [0.2, 0.25) is 0 Å². The molecule has 1 N–H and O–H groups in total. The topological polar surface area (TPSA) is 91.1 Å². The second-order valence-corrected chi connectivity index (χ2v) is 7.14. The molecule has 2 aliphatic heterocycles. The van der Waals surface area contributed by atoms with Gasteiger partial charge in [0.1, 0.15) is 17.3 Å². The summed E-state index contributed by atoms with van der Waals surface area (Å²) >= 11 is 0. The number of methoxy groups -OCH3 is 1. The summed E-state index contributed by atoms with van der Waals surface area (Å²) in [6, 6.07) is 6.68. The Bertz CT molecular complexity index is 955. The van der Waals surface area contributed by atoms with Gasteiger partial charge in [-0.05, 0) is 20.0 Å². The van der Waals surface area contributed by atoms with Crippen LogP contribution in [-0.2, 0) is 0 Å². The lowest BCUT2D eigenvalue weighted by Crippen LogP contribution is -2.60. The van der Waals surface area contributed by atoms with Gasteiger partial charge in [-0.2, -0.15) is 15.0 Å². The number of rotatable bonds is 3. The maximum absolute atomic E-state index is 14.0. The lowest BCUT2D eigenvalue weighted by molar-refractivity contribution is 0.171. The third-order valence-electron chi connectivity index (χ3n) is 5.13. The first-order valence-corrected chi connectivity index (χ1v) is 9.40. The highest BCUT2D eigenvalue weighted by atomic mass is 19.1. The minimum Gasteiger partial charge on any atom is -0.467 e. The summed E-state index contributed by atoms with van der Waals surface area (Å²) in [6.07, 6.45) is 3.04. The number of likely N-dealkylation sites (tertiary alicyclic amines) is 1. The molecule has 3 heterocycles. The molecule has 0 bridgehead atoms. The van der Waals surface area contributed by atoms with Crippen LogP contribution in [0.1, 0.15) is 24.2 Å². The third kappa shape index (κ3) is 3.75. The molecule has 4 rings (SSSR count). The number of guanidine groups is 1. The number of anilines is 1. The van der Waals surface area contributed by atoms with Crippen LogP contribution >= 0.6 is 0 Å². The zero-order valence-corrected chi connectivity index (χ0v) is 16.6. The van der Waals surface area contributed by atoms with Crippen LogP contribution < -0.4 is 15.1 Å². The van der Waals surface area contributed by atoms with Crippen molar-refractivity contribution in [2.75, 3.05) is 32.1 Å². The molecule has 10 heteroatoms. The van der Waals surface area contributed by atoms with Crippen molar-refractivity contribution in [1.82, 2.24) is 25.3 Å². The van der Waals surface area contributed by atoms with Crippen LogP contribution in [0.3, 0.4) is 0 Å². The molecule has 29 heavy (non-hydrogen) atoms.